The van der Waals surface area contributed by atoms with Crippen LogP contribution in [0.25, 0.3) is 16.6 Å². The number of pyridine rings is 1. The van der Waals surface area contributed by atoms with E-state index in [1.165, 1.54) is 18.4 Å². The number of nitriles is 1. The molecular weight excluding hydrogens is 454 g/mol. The SMILES string of the molecule is CCc1nc2cccc(Cl)c2c(=O)n1-c1cncc(C2CC2)c1.N#Cc1c(N)nc(N)nc1N. The molecular formula is C23H22ClN9O. The van der Waals surface area contributed by atoms with E-state index in [9.17, 15) is 4.79 Å². The van der Waals surface area contributed by atoms with Crippen LogP contribution in [0.15, 0.2) is 41.5 Å². The van der Waals surface area contributed by atoms with E-state index in [0.717, 1.165) is 11.5 Å². The van der Waals surface area contributed by atoms with Crippen LogP contribution in [0.2, 0.25) is 5.02 Å². The molecule has 3 heterocycles. The molecule has 4 aromatic rings. The lowest BCUT2D eigenvalue weighted by atomic mass is 10.1. The highest BCUT2D eigenvalue weighted by Gasteiger charge is 2.24. The highest BCUT2D eigenvalue weighted by atomic mass is 35.5. The molecule has 0 bridgehead atoms. The predicted octanol–water partition coefficient (Wildman–Crippen LogP) is 2.97. The lowest BCUT2D eigenvalue weighted by Crippen LogP contribution is -2.24. The van der Waals surface area contributed by atoms with Crippen molar-refractivity contribution in [3.05, 3.63) is 69.0 Å². The third-order valence-corrected chi connectivity index (χ3v) is 5.69. The molecule has 0 aliphatic heterocycles. The molecule has 5 rings (SSSR count). The van der Waals surface area contributed by atoms with Gasteiger partial charge in [-0.1, -0.05) is 24.6 Å². The Morgan fingerprint density at radius 1 is 1.15 bits per heavy atom. The van der Waals surface area contributed by atoms with E-state index in [-0.39, 0.29) is 28.7 Å². The van der Waals surface area contributed by atoms with Gasteiger partial charge in [0.25, 0.3) is 5.56 Å². The van der Waals surface area contributed by atoms with Gasteiger partial charge in [-0.05, 0) is 42.5 Å². The number of nitrogen functional groups attached to an aromatic ring is 3. The fourth-order valence-electron chi connectivity index (χ4n) is 3.58. The standard InChI is InChI=1S/C18H16ClN3O.C5H6N6/c1-2-16-21-15-5-3-4-14(19)17(15)18(23)22(16)13-8-12(9-20-10-13)11-6-7-11;6-1-2-3(7)10-5(9)11-4(2)8/h3-5,8-11H,2,6-7H2,1H3;(H6,7,8,9,10,11). The number of hydrogen-bond donors (Lipinski definition) is 3. The monoisotopic (exact) mass is 475 g/mol. The molecule has 1 aliphatic rings. The average Bonchev–Trinajstić information content (AvgIpc) is 3.64. The van der Waals surface area contributed by atoms with Crippen LogP contribution in [0.1, 0.15) is 42.6 Å². The van der Waals surface area contributed by atoms with Crippen molar-refractivity contribution in [2.45, 2.75) is 32.1 Å². The third kappa shape index (κ3) is 4.46. The Balaban J connectivity index is 0.000000210. The predicted molar refractivity (Wildman–Crippen MR) is 131 cm³/mol. The number of hydrogen-bond acceptors (Lipinski definition) is 9. The summed E-state index contributed by atoms with van der Waals surface area (Å²) in [5.41, 5.74) is 18.3. The van der Waals surface area contributed by atoms with Crippen molar-refractivity contribution in [1.82, 2.24) is 24.5 Å². The molecule has 1 saturated carbocycles. The van der Waals surface area contributed by atoms with Crippen LogP contribution in [0.3, 0.4) is 0 Å². The van der Waals surface area contributed by atoms with E-state index in [4.69, 9.17) is 34.1 Å². The van der Waals surface area contributed by atoms with Crippen LogP contribution < -0.4 is 22.8 Å². The molecule has 0 radical (unpaired) electrons. The minimum absolute atomic E-state index is 0.0116. The molecule has 0 spiro atoms. The van der Waals surface area contributed by atoms with Crippen molar-refractivity contribution >= 4 is 40.1 Å². The topological polar surface area (TPSA) is 175 Å². The molecule has 0 amide bonds. The van der Waals surface area contributed by atoms with Crippen molar-refractivity contribution < 1.29 is 0 Å². The van der Waals surface area contributed by atoms with Gasteiger partial charge in [-0.3, -0.25) is 14.3 Å². The molecule has 6 N–H and O–H groups in total. The van der Waals surface area contributed by atoms with Crippen LogP contribution in [0.4, 0.5) is 17.6 Å². The first-order chi connectivity index (χ1) is 16.3. The number of aromatic nitrogens is 5. The van der Waals surface area contributed by atoms with Crippen LogP contribution in [0, 0.1) is 11.3 Å². The molecule has 34 heavy (non-hydrogen) atoms. The Kier molecular flexibility index (Phi) is 6.30. The zero-order chi connectivity index (χ0) is 24.4. The molecule has 11 heteroatoms. The lowest BCUT2D eigenvalue weighted by Gasteiger charge is -2.13. The Morgan fingerprint density at radius 2 is 1.85 bits per heavy atom. The molecule has 172 valence electrons. The minimum atomic E-state index is -0.132. The Bertz CT molecular complexity index is 1470. The number of aryl methyl sites for hydroxylation is 1. The number of fused-ring (bicyclic) bond motifs is 1. The molecule has 1 aliphatic carbocycles. The van der Waals surface area contributed by atoms with Gasteiger partial charge in [0.1, 0.15) is 29.1 Å². The molecule has 3 aromatic heterocycles. The summed E-state index contributed by atoms with van der Waals surface area (Å²) < 4.78 is 1.65. The van der Waals surface area contributed by atoms with Crippen molar-refractivity contribution in [1.29, 1.82) is 5.26 Å². The van der Waals surface area contributed by atoms with E-state index in [1.807, 2.05) is 25.3 Å². The fraction of sp³-hybridized carbons (Fsp3) is 0.217. The highest BCUT2D eigenvalue weighted by molar-refractivity contribution is 6.35. The third-order valence-electron chi connectivity index (χ3n) is 5.38. The van der Waals surface area contributed by atoms with Gasteiger partial charge >= 0.3 is 0 Å². The largest absolute Gasteiger partial charge is 0.382 e. The summed E-state index contributed by atoms with van der Waals surface area (Å²) in [5, 5.41) is 9.35. The van der Waals surface area contributed by atoms with Gasteiger partial charge in [0.2, 0.25) is 5.95 Å². The molecule has 0 unspecified atom stereocenters. The lowest BCUT2D eigenvalue weighted by molar-refractivity contribution is 0.827. The van der Waals surface area contributed by atoms with Crippen molar-refractivity contribution in [2.75, 3.05) is 17.2 Å². The zero-order valence-corrected chi connectivity index (χ0v) is 19.1. The second-order valence-corrected chi connectivity index (χ2v) is 8.15. The van der Waals surface area contributed by atoms with Gasteiger partial charge in [-0.25, -0.2) is 4.98 Å². The van der Waals surface area contributed by atoms with Gasteiger partial charge in [0.05, 0.1) is 27.8 Å². The van der Waals surface area contributed by atoms with Gasteiger partial charge in [0.15, 0.2) is 0 Å². The normalized spacial score (nSPS) is 12.6. The molecule has 1 fully saturated rings. The molecule has 0 saturated heterocycles. The maximum Gasteiger partial charge on any atom is 0.267 e. The number of benzene rings is 1. The second kappa shape index (κ2) is 9.33. The number of halogens is 1. The summed E-state index contributed by atoms with van der Waals surface area (Å²) in [6.07, 6.45) is 6.66. The zero-order valence-electron chi connectivity index (χ0n) is 18.4. The smallest absolute Gasteiger partial charge is 0.267 e. The highest BCUT2D eigenvalue weighted by Crippen LogP contribution is 2.40. The minimum Gasteiger partial charge on any atom is -0.382 e. The second-order valence-electron chi connectivity index (χ2n) is 7.75. The van der Waals surface area contributed by atoms with Crippen molar-refractivity contribution in [2.24, 2.45) is 0 Å². The Hall–Kier alpha value is -4.23. The summed E-state index contributed by atoms with van der Waals surface area (Å²) in [5.74, 6) is 1.30. The van der Waals surface area contributed by atoms with E-state index in [2.05, 4.69) is 26.0 Å². The van der Waals surface area contributed by atoms with Crippen molar-refractivity contribution in [3.63, 3.8) is 0 Å². The summed E-state index contributed by atoms with van der Waals surface area (Å²) in [6, 6.07) is 9.18. The summed E-state index contributed by atoms with van der Waals surface area (Å²) in [4.78, 5) is 29.1. The first-order valence-electron chi connectivity index (χ1n) is 10.6. The van der Waals surface area contributed by atoms with Gasteiger partial charge in [-0.2, -0.15) is 15.2 Å². The van der Waals surface area contributed by atoms with Gasteiger partial charge in [0, 0.05) is 12.6 Å². The average molecular weight is 476 g/mol. The van der Waals surface area contributed by atoms with Crippen LogP contribution in [0.5, 0.6) is 0 Å². The Labute approximate surface area is 200 Å². The quantitative estimate of drug-likeness (QED) is 0.402. The molecule has 0 atom stereocenters. The van der Waals surface area contributed by atoms with Gasteiger partial charge < -0.3 is 17.2 Å². The van der Waals surface area contributed by atoms with Crippen LogP contribution >= 0.6 is 11.6 Å². The first-order valence-corrected chi connectivity index (χ1v) is 11.0. The Morgan fingerprint density at radius 3 is 2.47 bits per heavy atom. The number of nitrogens with two attached hydrogens (primary N) is 3. The first kappa shape index (κ1) is 22.9. The summed E-state index contributed by atoms with van der Waals surface area (Å²) >= 11 is 6.24. The van der Waals surface area contributed by atoms with Crippen LogP contribution in [-0.2, 0) is 6.42 Å². The van der Waals surface area contributed by atoms with Gasteiger partial charge in [-0.15, -0.1) is 0 Å². The van der Waals surface area contributed by atoms with E-state index >= 15 is 0 Å². The van der Waals surface area contributed by atoms with E-state index in [1.54, 1.807) is 22.9 Å². The summed E-state index contributed by atoms with van der Waals surface area (Å²) in [6.45, 7) is 1.99. The fourth-order valence-corrected chi connectivity index (χ4v) is 3.83. The van der Waals surface area contributed by atoms with Crippen molar-refractivity contribution in [3.8, 4) is 11.8 Å². The number of rotatable bonds is 3. The maximum absolute atomic E-state index is 13.0. The van der Waals surface area contributed by atoms with Crippen LogP contribution in [-0.4, -0.2) is 24.5 Å². The molecule has 1 aromatic carbocycles. The van der Waals surface area contributed by atoms with E-state index < -0.39 is 0 Å². The number of anilines is 3. The number of nitrogens with zero attached hydrogens (tertiary/aromatic N) is 6. The van der Waals surface area contributed by atoms with E-state index in [0.29, 0.717) is 28.3 Å². The summed E-state index contributed by atoms with van der Waals surface area (Å²) in [7, 11) is 0. The maximum atomic E-state index is 13.0. The molecule has 10 nitrogen and oxygen atoms in total.